The van der Waals surface area contributed by atoms with Crippen molar-refractivity contribution in [2.45, 2.75) is 32.9 Å². The molecule has 3 N–H and O–H groups in total. The van der Waals surface area contributed by atoms with Gasteiger partial charge in [0.05, 0.1) is 5.69 Å². The van der Waals surface area contributed by atoms with E-state index >= 15 is 0 Å². The molecule has 0 aliphatic rings. The Morgan fingerprint density at radius 2 is 2.05 bits per heavy atom. The third-order valence-electron chi connectivity index (χ3n) is 2.11. The lowest BCUT2D eigenvalue weighted by atomic mass is 10.2. The Morgan fingerprint density at radius 3 is 2.53 bits per heavy atom. The molecule has 1 amide bonds. The summed E-state index contributed by atoms with van der Waals surface area (Å²) in [5.41, 5.74) is 0.384. The van der Waals surface area contributed by atoms with Crippen molar-refractivity contribution in [1.82, 2.24) is 5.06 Å². The summed E-state index contributed by atoms with van der Waals surface area (Å²) >= 11 is 0. The van der Waals surface area contributed by atoms with Crippen LogP contribution in [0, 0.1) is 0 Å². The highest BCUT2D eigenvalue weighted by Gasteiger charge is 2.17. The summed E-state index contributed by atoms with van der Waals surface area (Å²) in [6, 6.07) is 4.72. The van der Waals surface area contributed by atoms with Crippen LogP contribution in [0.3, 0.4) is 0 Å². The topological polar surface area (TPSA) is 82.0 Å². The normalized spacial score (nSPS) is 11.5. The maximum absolute atomic E-state index is 11.6. The number of carbonyl (C=O) groups excluding carboxylic acids is 1. The van der Waals surface area contributed by atoms with E-state index in [2.05, 4.69) is 5.32 Å². The Labute approximate surface area is 112 Å². The summed E-state index contributed by atoms with van der Waals surface area (Å²) in [5, 5.41) is 22.3. The molecule has 0 spiro atoms. The van der Waals surface area contributed by atoms with Crippen molar-refractivity contribution in [2.75, 3.05) is 12.4 Å². The number of nitrogens with zero attached hydrogens (tertiary/aromatic N) is 1. The van der Waals surface area contributed by atoms with Gasteiger partial charge in [0.2, 0.25) is 0 Å². The van der Waals surface area contributed by atoms with Crippen molar-refractivity contribution in [2.24, 2.45) is 0 Å². The second-order valence-electron chi connectivity index (χ2n) is 5.29. The summed E-state index contributed by atoms with van der Waals surface area (Å²) in [4.78, 5) is 11.6. The fourth-order valence-electron chi connectivity index (χ4n) is 1.46. The molecule has 1 aromatic carbocycles. The molecule has 1 rings (SSSR count). The number of phenolic OH excluding ortho intramolecular Hbond substituents is 1. The third-order valence-corrected chi connectivity index (χ3v) is 2.11. The minimum Gasteiger partial charge on any atom is -0.506 e. The second-order valence-corrected chi connectivity index (χ2v) is 5.29. The van der Waals surface area contributed by atoms with Crippen molar-refractivity contribution < 1.29 is 19.8 Å². The van der Waals surface area contributed by atoms with Gasteiger partial charge in [0, 0.05) is 13.6 Å². The van der Waals surface area contributed by atoms with Gasteiger partial charge in [-0.05, 0) is 38.5 Å². The average molecular weight is 268 g/mol. The lowest BCUT2D eigenvalue weighted by Gasteiger charge is -2.20. The van der Waals surface area contributed by atoms with E-state index in [-0.39, 0.29) is 18.0 Å². The molecule has 0 saturated carbocycles. The second kappa shape index (κ2) is 5.90. The van der Waals surface area contributed by atoms with Crippen LogP contribution in [0.5, 0.6) is 5.75 Å². The van der Waals surface area contributed by atoms with Crippen molar-refractivity contribution in [1.29, 1.82) is 0 Å². The fourth-order valence-corrected chi connectivity index (χ4v) is 1.46. The molecule has 0 radical (unpaired) electrons. The number of anilines is 1. The molecule has 0 atom stereocenters. The molecular formula is C13H20N2O4. The van der Waals surface area contributed by atoms with Crippen LogP contribution >= 0.6 is 0 Å². The van der Waals surface area contributed by atoms with Gasteiger partial charge in [-0.1, -0.05) is 6.07 Å². The van der Waals surface area contributed by atoms with Crippen LogP contribution in [0.1, 0.15) is 26.3 Å². The Kier molecular flexibility index (Phi) is 4.74. The highest BCUT2D eigenvalue weighted by Crippen LogP contribution is 2.25. The zero-order valence-electron chi connectivity index (χ0n) is 11.6. The van der Waals surface area contributed by atoms with Crippen molar-refractivity contribution >= 4 is 11.8 Å². The standard InChI is InChI=1S/C13H20N2O4/c1-13(2,3)19-12(17)14-10-6-5-9(7-11(10)16)8-15(4)18/h5-7,16,18H,8H2,1-4H3,(H,14,17). The van der Waals surface area contributed by atoms with E-state index in [1.807, 2.05) is 0 Å². The number of ether oxygens (including phenoxy) is 1. The first kappa shape index (κ1) is 15.3. The first-order chi connectivity index (χ1) is 8.67. The molecule has 6 heteroatoms. The van der Waals surface area contributed by atoms with E-state index in [1.54, 1.807) is 32.9 Å². The lowest BCUT2D eigenvalue weighted by molar-refractivity contribution is -0.0731. The van der Waals surface area contributed by atoms with E-state index in [9.17, 15) is 9.90 Å². The Balaban J connectivity index is 2.72. The largest absolute Gasteiger partial charge is 0.506 e. The van der Waals surface area contributed by atoms with Crippen LogP contribution in [-0.4, -0.2) is 34.1 Å². The van der Waals surface area contributed by atoms with Crippen molar-refractivity contribution in [3.8, 4) is 5.75 Å². The number of amides is 1. The lowest BCUT2D eigenvalue weighted by Crippen LogP contribution is -2.27. The molecule has 0 saturated heterocycles. The number of rotatable bonds is 3. The summed E-state index contributed by atoms with van der Waals surface area (Å²) in [6.07, 6.45) is -0.630. The van der Waals surface area contributed by atoms with E-state index in [0.29, 0.717) is 0 Å². The molecule has 0 fully saturated rings. The van der Waals surface area contributed by atoms with Crippen LogP contribution < -0.4 is 5.32 Å². The van der Waals surface area contributed by atoms with E-state index in [4.69, 9.17) is 9.94 Å². The van der Waals surface area contributed by atoms with Crippen LogP contribution in [0.15, 0.2) is 18.2 Å². The summed E-state index contributed by atoms with van der Waals surface area (Å²) in [7, 11) is 1.50. The minimum absolute atomic E-state index is 0.0785. The van der Waals surface area contributed by atoms with Crippen LogP contribution in [0.25, 0.3) is 0 Å². The predicted molar refractivity (Wildman–Crippen MR) is 71.2 cm³/mol. The summed E-state index contributed by atoms with van der Waals surface area (Å²) in [6.45, 7) is 5.55. The van der Waals surface area contributed by atoms with Gasteiger partial charge in [-0.15, -0.1) is 0 Å². The van der Waals surface area contributed by atoms with Crippen LogP contribution in [0.2, 0.25) is 0 Å². The number of hydrogen-bond acceptors (Lipinski definition) is 5. The molecule has 1 aromatic rings. The predicted octanol–water partition coefficient (Wildman–Crippen LogP) is 2.56. The molecule has 19 heavy (non-hydrogen) atoms. The minimum atomic E-state index is -0.630. The number of hydroxylamine groups is 2. The average Bonchev–Trinajstić information content (AvgIpc) is 2.18. The van der Waals surface area contributed by atoms with E-state index in [1.165, 1.54) is 13.1 Å². The summed E-state index contributed by atoms with van der Waals surface area (Å²) in [5.74, 6) is -0.0785. The first-order valence-corrected chi connectivity index (χ1v) is 5.89. The van der Waals surface area contributed by atoms with Crippen molar-refractivity contribution in [3.63, 3.8) is 0 Å². The molecule has 0 unspecified atom stereocenters. The van der Waals surface area contributed by atoms with Crippen LogP contribution in [-0.2, 0) is 11.3 Å². The zero-order valence-corrected chi connectivity index (χ0v) is 11.6. The van der Waals surface area contributed by atoms with E-state index in [0.717, 1.165) is 10.6 Å². The van der Waals surface area contributed by atoms with Gasteiger partial charge in [-0.2, -0.15) is 5.06 Å². The fraction of sp³-hybridized carbons (Fsp3) is 0.462. The number of phenols is 1. The molecule has 0 aliphatic heterocycles. The Bertz CT molecular complexity index is 452. The maximum Gasteiger partial charge on any atom is 0.412 e. The van der Waals surface area contributed by atoms with Gasteiger partial charge in [-0.3, -0.25) is 5.32 Å². The Morgan fingerprint density at radius 1 is 1.42 bits per heavy atom. The smallest absolute Gasteiger partial charge is 0.412 e. The highest BCUT2D eigenvalue weighted by molar-refractivity contribution is 5.86. The number of benzene rings is 1. The number of carbonyl (C=O) groups is 1. The third kappa shape index (κ3) is 5.58. The molecule has 0 aliphatic carbocycles. The summed E-state index contributed by atoms with van der Waals surface area (Å²) < 4.78 is 5.08. The van der Waals surface area contributed by atoms with Gasteiger partial charge in [0.1, 0.15) is 11.4 Å². The number of aromatic hydroxyl groups is 1. The SMILES string of the molecule is CN(O)Cc1ccc(NC(=O)OC(C)(C)C)c(O)c1. The monoisotopic (exact) mass is 268 g/mol. The van der Waals surface area contributed by atoms with Gasteiger partial charge in [0.15, 0.2) is 0 Å². The van der Waals surface area contributed by atoms with Gasteiger partial charge in [-0.25, -0.2) is 4.79 Å². The number of nitrogens with one attached hydrogen (secondary N) is 1. The first-order valence-electron chi connectivity index (χ1n) is 5.89. The Hall–Kier alpha value is -1.79. The molecule has 106 valence electrons. The molecular weight excluding hydrogens is 248 g/mol. The van der Waals surface area contributed by atoms with Gasteiger partial charge >= 0.3 is 6.09 Å². The molecule has 6 nitrogen and oxygen atoms in total. The zero-order chi connectivity index (χ0) is 14.6. The van der Waals surface area contributed by atoms with Crippen molar-refractivity contribution in [3.05, 3.63) is 23.8 Å². The highest BCUT2D eigenvalue weighted by atomic mass is 16.6. The quantitative estimate of drug-likeness (QED) is 0.579. The van der Waals surface area contributed by atoms with E-state index < -0.39 is 11.7 Å². The maximum atomic E-state index is 11.6. The van der Waals surface area contributed by atoms with Gasteiger partial charge in [0.25, 0.3) is 0 Å². The van der Waals surface area contributed by atoms with Gasteiger partial charge < -0.3 is 15.1 Å². The molecule has 0 heterocycles. The van der Waals surface area contributed by atoms with Crippen LogP contribution in [0.4, 0.5) is 10.5 Å². The molecule has 0 bridgehead atoms. The number of hydrogen-bond donors (Lipinski definition) is 3. The molecule has 0 aromatic heterocycles.